The van der Waals surface area contributed by atoms with E-state index in [2.05, 4.69) is 20.2 Å². The summed E-state index contributed by atoms with van der Waals surface area (Å²) in [5.41, 5.74) is 0.878. The first kappa shape index (κ1) is 20.1. The van der Waals surface area contributed by atoms with Gasteiger partial charge in [0.2, 0.25) is 15.2 Å². The molecule has 1 amide bonds. The van der Waals surface area contributed by atoms with Gasteiger partial charge in [0.05, 0.1) is 10.5 Å². The largest absolute Gasteiger partial charge is 0.296 e. The van der Waals surface area contributed by atoms with E-state index in [0.29, 0.717) is 11.4 Å². The Balaban J connectivity index is 1.55. The number of hydrogen-bond donors (Lipinski definition) is 2. The van der Waals surface area contributed by atoms with E-state index in [1.54, 1.807) is 30.3 Å². The van der Waals surface area contributed by atoms with Crippen molar-refractivity contribution in [3.8, 4) is 0 Å². The lowest BCUT2D eigenvalue weighted by molar-refractivity contribution is 0.102. The summed E-state index contributed by atoms with van der Waals surface area (Å²) < 4.78 is 40.6. The first-order chi connectivity index (χ1) is 13.3. The number of carbonyl (C=O) groups excluding carboxylic acids is 1. The van der Waals surface area contributed by atoms with Crippen LogP contribution < -0.4 is 10.0 Å². The Morgan fingerprint density at radius 1 is 1.11 bits per heavy atom. The van der Waals surface area contributed by atoms with Gasteiger partial charge < -0.3 is 0 Å². The van der Waals surface area contributed by atoms with E-state index in [9.17, 15) is 17.6 Å². The molecule has 0 aliphatic carbocycles. The van der Waals surface area contributed by atoms with Crippen LogP contribution in [0.15, 0.2) is 53.4 Å². The van der Waals surface area contributed by atoms with E-state index in [1.165, 1.54) is 18.2 Å². The van der Waals surface area contributed by atoms with Crippen molar-refractivity contribution in [2.24, 2.45) is 0 Å². The lowest BCUT2D eigenvalue weighted by Crippen LogP contribution is -2.25. The molecule has 0 spiro atoms. The fourth-order valence-corrected chi connectivity index (χ4v) is 4.07. The van der Waals surface area contributed by atoms with Crippen molar-refractivity contribution < 1.29 is 17.6 Å². The van der Waals surface area contributed by atoms with Crippen molar-refractivity contribution in [1.82, 2.24) is 14.9 Å². The molecule has 2 N–H and O–H groups in total. The SMILES string of the molecule is Cc1ccc(S(=O)(=O)NCCc2nnc(NC(=O)c3ccccc3F)s2)cc1. The van der Waals surface area contributed by atoms with Gasteiger partial charge in [0, 0.05) is 13.0 Å². The normalized spacial score (nSPS) is 11.4. The van der Waals surface area contributed by atoms with Gasteiger partial charge in [0.25, 0.3) is 5.91 Å². The van der Waals surface area contributed by atoms with Gasteiger partial charge in [-0.1, -0.05) is 41.2 Å². The first-order valence-corrected chi connectivity index (χ1v) is 10.6. The average Bonchev–Trinajstić information content (AvgIpc) is 3.09. The smallest absolute Gasteiger partial charge is 0.260 e. The van der Waals surface area contributed by atoms with Gasteiger partial charge in [0.15, 0.2) is 0 Å². The van der Waals surface area contributed by atoms with Crippen LogP contribution in [-0.2, 0) is 16.4 Å². The van der Waals surface area contributed by atoms with Crippen molar-refractivity contribution in [3.05, 3.63) is 70.5 Å². The highest BCUT2D eigenvalue weighted by molar-refractivity contribution is 7.89. The zero-order chi connectivity index (χ0) is 20.1. The van der Waals surface area contributed by atoms with Gasteiger partial charge in [-0.3, -0.25) is 10.1 Å². The molecule has 0 fully saturated rings. The summed E-state index contributed by atoms with van der Waals surface area (Å²) in [6.07, 6.45) is 0.304. The van der Waals surface area contributed by atoms with Crippen LogP contribution in [0.3, 0.4) is 0 Å². The molecule has 2 aromatic carbocycles. The zero-order valence-electron chi connectivity index (χ0n) is 14.8. The Bertz CT molecular complexity index is 1080. The number of rotatable bonds is 7. The van der Waals surface area contributed by atoms with Gasteiger partial charge in [-0.25, -0.2) is 17.5 Å². The van der Waals surface area contributed by atoms with E-state index in [1.807, 2.05) is 6.92 Å². The topological polar surface area (TPSA) is 101 Å². The molecule has 28 heavy (non-hydrogen) atoms. The van der Waals surface area contributed by atoms with Crippen LogP contribution >= 0.6 is 11.3 Å². The summed E-state index contributed by atoms with van der Waals surface area (Å²) in [6.45, 7) is 2.01. The van der Waals surface area contributed by atoms with E-state index < -0.39 is 21.7 Å². The van der Waals surface area contributed by atoms with Crippen LogP contribution in [-0.4, -0.2) is 31.1 Å². The highest BCUT2D eigenvalue weighted by Gasteiger charge is 2.15. The number of sulfonamides is 1. The molecule has 146 valence electrons. The van der Waals surface area contributed by atoms with Crippen LogP contribution in [0.25, 0.3) is 0 Å². The molecule has 10 heteroatoms. The summed E-state index contributed by atoms with van der Waals surface area (Å²) in [6, 6.07) is 12.1. The van der Waals surface area contributed by atoms with Gasteiger partial charge in [-0.15, -0.1) is 10.2 Å². The Hall–Kier alpha value is -2.69. The number of carbonyl (C=O) groups is 1. The highest BCUT2D eigenvalue weighted by atomic mass is 32.2. The maximum atomic E-state index is 13.6. The maximum Gasteiger partial charge on any atom is 0.260 e. The maximum absolute atomic E-state index is 13.6. The quantitative estimate of drug-likeness (QED) is 0.612. The van der Waals surface area contributed by atoms with E-state index in [4.69, 9.17) is 0 Å². The van der Waals surface area contributed by atoms with Crippen molar-refractivity contribution in [1.29, 1.82) is 0 Å². The van der Waals surface area contributed by atoms with Crippen molar-refractivity contribution in [2.75, 3.05) is 11.9 Å². The number of aryl methyl sites for hydroxylation is 1. The van der Waals surface area contributed by atoms with E-state index >= 15 is 0 Å². The number of nitrogens with one attached hydrogen (secondary N) is 2. The molecule has 0 atom stereocenters. The second-order valence-electron chi connectivity index (χ2n) is 5.90. The minimum absolute atomic E-state index is 0.0925. The third-order valence-electron chi connectivity index (χ3n) is 3.77. The van der Waals surface area contributed by atoms with E-state index in [0.717, 1.165) is 16.9 Å². The van der Waals surface area contributed by atoms with Gasteiger partial charge in [-0.2, -0.15) is 0 Å². The molecule has 3 aromatic rings. The van der Waals surface area contributed by atoms with Crippen LogP contribution in [0.2, 0.25) is 0 Å². The number of hydrogen-bond acceptors (Lipinski definition) is 6. The molecule has 0 unspecified atom stereocenters. The number of amides is 1. The summed E-state index contributed by atoms with van der Waals surface area (Å²) in [5.74, 6) is -1.25. The number of halogens is 1. The first-order valence-electron chi connectivity index (χ1n) is 8.30. The predicted octanol–water partition coefficient (Wildman–Crippen LogP) is 2.76. The number of anilines is 1. The minimum atomic E-state index is -3.61. The molecular formula is C18H17FN4O3S2. The third-order valence-corrected chi connectivity index (χ3v) is 6.14. The summed E-state index contributed by atoms with van der Waals surface area (Å²) in [5, 5.41) is 11.0. The van der Waals surface area contributed by atoms with Gasteiger partial charge in [-0.05, 0) is 31.2 Å². The number of nitrogens with zero attached hydrogens (tertiary/aromatic N) is 2. The van der Waals surface area contributed by atoms with Crippen LogP contribution in [0.1, 0.15) is 20.9 Å². The average molecular weight is 420 g/mol. The lowest BCUT2D eigenvalue weighted by Gasteiger charge is -2.05. The molecule has 1 heterocycles. The fraction of sp³-hybridized carbons (Fsp3) is 0.167. The molecule has 0 saturated carbocycles. The Labute approximate surface area is 165 Å². The molecule has 0 bridgehead atoms. The molecule has 0 radical (unpaired) electrons. The summed E-state index contributed by atoms with van der Waals surface area (Å²) in [4.78, 5) is 12.3. The molecule has 0 aliphatic rings. The fourth-order valence-electron chi connectivity index (χ4n) is 2.31. The molecule has 7 nitrogen and oxygen atoms in total. The Morgan fingerprint density at radius 3 is 2.54 bits per heavy atom. The number of benzene rings is 2. The van der Waals surface area contributed by atoms with Gasteiger partial charge in [0.1, 0.15) is 10.8 Å². The predicted molar refractivity (Wildman–Crippen MR) is 104 cm³/mol. The van der Waals surface area contributed by atoms with Crippen molar-refractivity contribution in [2.45, 2.75) is 18.2 Å². The van der Waals surface area contributed by atoms with Crippen molar-refractivity contribution in [3.63, 3.8) is 0 Å². The van der Waals surface area contributed by atoms with Crippen molar-refractivity contribution >= 4 is 32.4 Å². The second-order valence-corrected chi connectivity index (χ2v) is 8.72. The van der Waals surface area contributed by atoms with Crippen LogP contribution in [0.5, 0.6) is 0 Å². The second kappa shape index (κ2) is 8.55. The summed E-state index contributed by atoms with van der Waals surface area (Å²) in [7, 11) is -3.61. The summed E-state index contributed by atoms with van der Waals surface area (Å²) >= 11 is 1.10. The number of aromatic nitrogens is 2. The zero-order valence-corrected chi connectivity index (χ0v) is 16.5. The standard InChI is InChI=1S/C18H17FN4O3S2/c1-12-6-8-13(9-7-12)28(25,26)20-11-10-16-22-23-18(27-16)21-17(24)14-4-2-3-5-15(14)19/h2-9,20H,10-11H2,1H3,(H,21,23,24). The molecular weight excluding hydrogens is 403 g/mol. The third kappa shape index (κ3) is 4.97. The van der Waals surface area contributed by atoms with Crippen LogP contribution in [0.4, 0.5) is 9.52 Å². The molecule has 1 aromatic heterocycles. The molecule has 0 aliphatic heterocycles. The molecule has 3 rings (SSSR count). The van der Waals surface area contributed by atoms with E-state index in [-0.39, 0.29) is 22.1 Å². The molecule has 0 saturated heterocycles. The highest BCUT2D eigenvalue weighted by Crippen LogP contribution is 2.18. The lowest BCUT2D eigenvalue weighted by atomic mass is 10.2. The Morgan fingerprint density at radius 2 is 1.82 bits per heavy atom. The Kier molecular flexibility index (Phi) is 6.12. The monoisotopic (exact) mass is 420 g/mol. The van der Waals surface area contributed by atoms with Gasteiger partial charge >= 0.3 is 0 Å². The van der Waals surface area contributed by atoms with Crippen LogP contribution in [0, 0.1) is 12.7 Å². The minimum Gasteiger partial charge on any atom is -0.296 e.